The fourth-order valence-corrected chi connectivity index (χ4v) is 4.19. The Morgan fingerprint density at radius 3 is 2.71 bits per heavy atom. The Labute approximate surface area is 160 Å². The number of ether oxygens (including phenoxy) is 1. The van der Waals surface area contributed by atoms with Crippen molar-refractivity contribution in [3.63, 3.8) is 0 Å². The van der Waals surface area contributed by atoms with Crippen LogP contribution in [0.1, 0.15) is 36.6 Å². The zero-order valence-corrected chi connectivity index (χ0v) is 16.1. The predicted octanol–water partition coefficient (Wildman–Crippen LogP) is 2.35. The van der Waals surface area contributed by atoms with Crippen molar-refractivity contribution >= 4 is 42.1 Å². The molecule has 24 heavy (non-hydrogen) atoms. The fraction of sp³-hybridized carbons (Fsp3) is 0.688. The maximum Gasteiger partial charge on any atom is 0.249 e. The molecule has 0 aromatic carbocycles. The molecule has 2 aliphatic rings. The van der Waals surface area contributed by atoms with Crippen molar-refractivity contribution < 1.29 is 9.53 Å². The van der Waals surface area contributed by atoms with Crippen LogP contribution in [0.4, 0.5) is 0 Å². The number of nitrogens with zero attached hydrogens (tertiary/aromatic N) is 1. The Kier molecular flexibility index (Phi) is 9.56. The minimum absolute atomic E-state index is 0. The quantitative estimate of drug-likeness (QED) is 0.775. The Balaban J connectivity index is 0.00000144. The van der Waals surface area contributed by atoms with E-state index in [0.717, 1.165) is 25.9 Å². The van der Waals surface area contributed by atoms with E-state index in [4.69, 9.17) is 10.5 Å². The summed E-state index contributed by atoms with van der Waals surface area (Å²) >= 11 is 1.77. The SMILES string of the molecule is Cl.Cl.NC[C@H]1CC[C@@H](C(=O)NCC(c2cccs2)N2CCCC2)O1. The largest absolute Gasteiger partial charge is 0.364 e. The number of thiophene rings is 1. The van der Waals surface area contributed by atoms with Gasteiger partial charge in [-0.1, -0.05) is 6.07 Å². The van der Waals surface area contributed by atoms with Gasteiger partial charge in [-0.15, -0.1) is 36.2 Å². The maximum atomic E-state index is 12.3. The number of carbonyl (C=O) groups excluding carboxylic acids is 1. The van der Waals surface area contributed by atoms with Crippen LogP contribution in [0.2, 0.25) is 0 Å². The number of hydrogen-bond donors (Lipinski definition) is 2. The summed E-state index contributed by atoms with van der Waals surface area (Å²) in [5, 5.41) is 5.20. The molecule has 0 saturated carbocycles. The third-order valence-corrected chi connectivity index (χ3v) is 5.56. The lowest BCUT2D eigenvalue weighted by molar-refractivity contribution is -0.132. The van der Waals surface area contributed by atoms with E-state index in [1.807, 2.05) is 0 Å². The second-order valence-corrected chi connectivity index (χ2v) is 7.06. The van der Waals surface area contributed by atoms with Crippen molar-refractivity contribution in [1.29, 1.82) is 0 Å². The molecule has 5 nitrogen and oxygen atoms in total. The van der Waals surface area contributed by atoms with Crippen molar-refractivity contribution in [2.45, 2.75) is 43.9 Å². The number of nitrogens with two attached hydrogens (primary N) is 1. The highest BCUT2D eigenvalue weighted by molar-refractivity contribution is 7.10. The molecule has 3 heterocycles. The molecule has 3 N–H and O–H groups in total. The Hall–Kier alpha value is -0.370. The van der Waals surface area contributed by atoms with E-state index in [2.05, 4.69) is 27.7 Å². The molecule has 0 aliphatic carbocycles. The summed E-state index contributed by atoms with van der Waals surface area (Å²) in [6, 6.07) is 4.53. The van der Waals surface area contributed by atoms with Crippen LogP contribution in [0.25, 0.3) is 0 Å². The molecule has 8 heteroatoms. The van der Waals surface area contributed by atoms with Crippen molar-refractivity contribution in [2.24, 2.45) is 5.73 Å². The lowest BCUT2D eigenvalue weighted by atomic mass is 10.1. The minimum Gasteiger partial charge on any atom is -0.364 e. The molecule has 0 spiro atoms. The van der Waals surface area contributed by atoms with Crippen LogP contribution in [-0.4, -0.2) is 49.2 Å². The van der Waals surface area contributed by atoms with Crippen molar-refractivity contribution in [3.8, 4) is 0 Å². The van der Waals surface area contributed by atoms with Crippen LogP contribution in [0.15, 0.2) is 17.5 Å². The second-order valence-electron chi connectivity index (χ2n) is 6.08. The molecular weight excluding hydrogens is 369 g/mol. The van der Waals surface area contributed by atoms with Crippen LogP contribution in [-0.2, 0) is 9.53 Å². The summed E-state index contributed by atoms with van der Waals surface area (Å²) in [6.45, 7) is 3.39. The topological polar surface area (TPSA) is 67.6 Å². The number of carbonyl (C=O) groups is 1. The van der Waals surface area contributed by atoms with Crippen molar-refractivity contribution in [3.05, 3.63) is 22.4 Å². The minimum atomic E-state index is -0.323. The maximum absolute atomic E-state index is 12.3. The highest BCUT2D eigenvalue weighted by Crippen LogP contribution is 2.28. The number of halogens is 2. The molecule has 138 valence electrons. The van der Waals surface area contributed by atoms with E-state index in [1.54, 1.807) is 11.3 Å². The monoisotopic (exact) mass is 395 g/mol. The van der Waals surface area contributed by atoms with Crippen LogP contribution in [0.3, 0.4) is 0 Å². The molecule has 2 aliphatic heterocycles. The number of likely N-dealkylation sites (tertiary alicyclic amines) is 1. The zero-order valence-electron chi connectivity index (χ0n) is 13.7. The lowest BCUT2D eigenvalue weighted by Gasteiger charge is -2.27. The third-order valence-electron chi connectivity index (χ3n) is 4.59. The summed E-state index contributed by atoms with van der Waals surface area (Å²) in [5.41, 5.74) is 5.60. The molecule has 1 amide bonds. The van der Waals surface area contributed by atoms with Gasteiger partial charge in [0.2, 0.25) is 5.91 Å². The fourth-order valence-electron chi connectivity index (χ4n) is 3.33. The van der Waals surface area contributed by atoms with Crippen molar-refractivity contribution in [2.75, 3.05) is 26.2 Å². The van der Waals surface area contributed by atoms with Gasteiger partial charge < -0.3 is 15.8 Å². The smallest absolute Gasteiger partial charge is 0.249 e. The molecule has 1 aromatic heterocycles. The summed E-state index contributed by atoms with van der Waals surface area (Å²) in [4.78, 5) is 16.1. The highest BCUT2D eigenvalue weighted by Gasteiger charge is 2.31. The Morgan fingerprint density at radius 2 is 2.12 bits per heavy atom. The van der Waals surface area contributed by atoms with E-state index < -0.39 is 0 Å². The van der Waals surface area contributed by atoms with Gasteiger partial charge >= 0.3 is 0 Å². The normalized spacial score (nSPS) is 24.9. The van der Waals surface area contributed by atoms with Crippen molar-refractivity contribution in [1.82, 2.24) is 10.2 Å². The number of hydrogen-bond acceptors (Lipinski definition) is 5. The standard InChI is InChI=1S/C16H25N3O2S.2ClH/c17-10-12-5-6-14(21-12)16(20)18-11-13(15-4-3-9-22-15)19-7-1-2-8-19;;/h3-4,9,12-14H,1-2,5-8,10-11,17H2,(H,18,20);2*1H/t12-,13?,14+;;/m1../s1. The first-order valence-corrected chi connectivity index (χ1v) is 9.06. The summed E-state index contributed by atoms with van der Waals surface area (Å²) < 4.78 is 5.67. The first-order valence-electron chi connectivity index (χ1n) is 8.18. The van der Waals surface area contributed by atoms with E-state index in [1.165, 1.54) is 17.7 Å². The molecule has 3 atom stereocenters. The predicted molar refractivity (Wildman–Crippen MR) is 102 cm³/mol. The van der Waals surface area contributed by atoms with E-state index >= 15 is 0 Å². The van der Waals surface area contributed by atoms with Gasteiger partial charge in [-0.2, -0.15) is 0 Å². The highest BCUT2D eigenvalue weighted by atomic mass is 35.5. The first kappa shape index (κ1) is 21.7. The van der Waals surface area contributed by atoms with E-state index in [9.17, 15) is 4.79 Å². The number of nitrogens with one attached hydrogen (secondary N) is 1. The van der Waals surface area contributed by atoms with Crippen LogP contribution in [0.5, 0.6) is 0 Å². The van der Waals surface area contributed by atoms with Gasteiger partial charge in [0.25, 0.3) is 0 Å². The van der Waals surface area contributed by atoms with Gasteiger partial charge in [0, 0.05) is 18.0 Å². The van der Waals surface area contributed by atoms with Gasteiger partial charge in [0.15, 0.2) is 0 Å². The Morgan fingerprint density at radius 1 is 1.38 bits per heavy atom. The summed E-state index contributed by atoms with van der Waals surface area (Å²) in [6.07, 6.45) is 3.88. The number of rotatable bonds is 6. The third kappa shape index (κ3) is 5.31. The number of amides is 1. The molecule has 2 saturated heterocycles. The van der Waals surface area contributed by atoms with Crippen LogP contribution < -0.4 is 11.1 Å². The lowest BCUT2D eigenvalue weighted by Crippen LogP contribution is -2.41. The average Bonchev–Trinajstić information content (AvgIpc) is 3.29. The summed E-state index contributed by atoms with van der Waals surface area (Å²) in [7, 11) is 0. The van der Waals surface area contributed by atoms with Gasteiger partial charge in [-0.05, 0) is 50.2 Å². The van der Waals surface area contributed by atoms with Crippen LogP contribution >= 0.6 is 36.2 Å². The molecule has 0 bridgehead atoms. The van der Waals surface area contributed by atoms with Gasteiger partial charge in [-0.25, -0.2) is 0 Å². The van der Waals surface area contributed by atoms with Gasteiger partial charge in [0.1, 0.15) is 6.10 Å². The molecule has 0 radical (unpaired) electrons. The second kappa shape index (κ2) is 10.6. The molecule has 1 unspecified atom stereocenters. The Bertz CT molecular complexity index is 484. The molecular formula is C16H27Cl2N3O2S. The molecule has 2 fully saturated rings. The zero-order chi connectivity index (χ0) is 15.4. The van der Waals surface area contributed by atoms with Crippen LogP contribution in [0, 0.1) is 0 Å². The average molecular weight is 396 g/mol. The molecule has 3 rings (SSSR count). The van der Waals surface area contributed by atoms with E-state index in [-0.39, 0.29) is 49.0 Å². The van der Waals surface area contributed by atoms with Gasteiger partial charge in [0.05, 0.1) is 12.1 Å². The van der Waals surface area contributed by atoms with E-state index in [0.29, 0.717) is 13.1 Å². The molecule has 1 aromatic rings. The van der Waals surface area contributed by atoms with Gasteiger partial charge in [-0.3, -0.25) is 9.69 Å². The summed E-state index contributed by atoms with van der Waals surface area (Å²) in [5.74, 6) is 0.0108. The first-order chi connectivity index (χ1) is 10.8.